The number of nitrogens with one attached hydrogen (secondary N) is 2. The summed E-state index contributed by atoms with van der Waals surface area (Å²) in [6, 6.07) is 7.86. The summed E-state index contributed by atoms with van der Waals surface area (Å²) in [7, 11) is 3.58. The van der Waals surface area contributed by atoms with Gasteiger partial charge in [0, 0.05) is 11.8 Å². The Kier molecular flexibility index (Phi) is 3.58. The van der Waals surface area contributed by atoms with Crippen molar-refractivity contribution in [1.82, 2.24) is 5.32 Å². The van der Waals surface area contributed by atoms with Gasteiger partial charge in [0.1, 0.15) is 5.75 Å². The molecular formula is C10H16N2O. The van der Waals surface area contributed by atoms with E-state index in [1.807, 2.05) is 31.3 Å². The number of hydrogen-bond acceptors (Lipinski definition) is 3. The Morgan fingerprint density at radius 2 is 2.15 bits per heavy atom. The molecule has 0 aliphatic heterocycles. The van der Waals surface area contributed by atoms with Crippen LogP contribution in [0.25, 0.3) is 0 Å². The highest BCUT2D eigenvalue weighted by Gasteiger charge is 1.98. The fourth-order valence-corrected chi connectivity index (χ4v) is 1.04. The molecule has 0 aliphatic rings. The molecule has 13 heavy (non-hydrogen) atoms. The van der Waals surface area contributed by atoms with E-state index in [-0.39, 0.29) is 6.17 Å². The molecule has 72 valence electrons. The van der Waals surface area contributed by atoms with Crippen LogP contribution in [0.4, 0.5) is 5.69 Å². The van der Waals surface area contributed by atoms with Crippen molar-refractivity contribution in [2.24, 2.45) is 0 Å². The molecule has 0 radical (unpaired) electrons. The Labute approximate surface area is 79.1 Å². The molecular weight excluding hydrogens is 164 g/mol. The topological polar surface area (TPSA) is 33.3 Å². The van der Waals surface area contributed by atoms with E-state index < -0.39 is 0 Å². The predicted octanol–water partition coefficient (Wildman–Crippen LogP) is 1.67. The van der Waals surface area contributed by atoms with Gasteiger partial charge >= 0.3 is 0 Å². The second-order valence-electron chi connectivity index (χ2n) is 2.89. The van der Waals surface area contributed by atoms with E-state index in [0.29, 0.717) is 0 Å². The molecule has 0 spiro atoms. The van der Waals surface area contributed by atoms with Crippen molar-refractivity contribution < 1.29 is 4.74 Å². The van der Waals surface area contributed by atoms with Gasteiger partial charge in [0.15, 0.2) is 0 Å². The summed E-state index contributed by atoms with van der Waals surface area (Å²) >= 11 is 0. The van der Waals surface area contributed by atoms with Crippen LogP contribution in [0.15, 0.2) is 24.3 Å². The zero-order chi connectivity index (χ0) is 9.68. The third-order valence-electron chi connectivity index (χ3n) is 1.89. The Bertz CT molecular complexity index is 263. The highest BCUT2D eigenvalue weighted by atomic mass is 16.5. The van der Waals surface area contributed by atoms with Crippen LogP contribution in [0, 0.1) is 0 Å². The Morgan fingerprint density at radius 3 is 2.77 bits per heavy atom. The van der Waals surface area contributed by atoms with Crippen LogP contribution >= 0.6 is 0 Å². The van der Waals surface area contributed by atoms with Crippen molar-refractivity contribution in [2.45, 2.75) is 13.1 Å². The fraction of sp³-hybridized carbons (Fsp3) is 0.400. The van der Waals surface area contributed by atoms with Gasteiger partial charge in [-0.1, -0.05) is 6.07 Å². The maximum atomic E-state index is 5.11. The largest absolute Gasteiger partial charge is 0.497 e. The Morgan fingerprint density at radius 1 is 1.38 bits per heavy atom. The fourth-order valence-electron chi connectivity index (χ4n) is 1.04. The predicted molar refractivity (Wildman–Crippen MR) is 55.1 cm³/mol. The molecule has 1 aromatic carbocycles. The SMILES string of the molecule is CNC(C)Nc1cccc(OC)c1. The number of anilines is 1. The van der Waals surface area contributed by atoms with E-state index >= 15 is 0 Å². The Balaban J connectivity index is 2.66. The van der Waals surface area contributed by atoms with Crippen molar-refractivity contribution in [3.63, 3.8) is 0 Å². The monoisotopic (exact) mass is 180 g/mol. The first-order valence-corrected chi connectivity index (χ1v) is 4.34. The molecule has 0 aromatic heterocycles. The van der Waals surface area contributed by atoms with E-state index in [0.717, 1.165) is 11.4 Å². The molecule has 1 unspecified atom stereocenters. The number of ether oxygens (including phenoxy) is 1. The summed E-state index contributed by atoms with van der Waals surface area (Å²) in [4.78, 5) is 0. The van der Waals surface area contributed by atoms with Gasteiger partial charge in [0.25, 0.3) is 0 Å². The van der Waals surface area contributed by atoms with E-state index in [9.17, 15) is 0 Å². The van der Waals surface area contributed by atoms with E-state index in [1.165, 1.54) is 0 Å². The van der Waals surface area contributed by atoms with E-state index in [2.05, 4.69) is 17.6 Å². The number of hydrogen-bond donors (Lipinski definition) is 2. The molecule has 3 nitrogen and oxygen atoms in total. The van der Waals surface area contributed by atoms with Gasteiger partial charge in [-0.05, 0) is 26.1 Å². The third-order valence-corrected chi connectivity index (χ3v) is 1.89. The lowest BCUT2D eigenvalue weighted by atomic mass is 10.3. The lowest BCUT2D eigenvalue weighted by Gasteiger charge is -2.14. The minimum atomic E-state index is 0.257. The zero-order valence-corrected chi connectivity index (χ0v) is 8.29. The summed E-state index contributed by atoms with van der Waals surface area (Å²) < 4.78 is 5.11. The highest BCUT2D eigenvalue weighted by Crippen LogP contribution is 2.16. The minimum Gasteiger partial charge on any atom is -0.497 e. The lowest BCUT2D eigenvalue weighted by molar-refractivity contribution is 0.415. The first-order chi connectivity index (χ1) is 6.26. The molecule has 0 saturated heterocycles. The summed E-state index contributed by atoms with van der Waals surface area (Å²) in [5, 5.41) is 6.37. The van der Waals surface area contributed by atoms with Gasteiger partial charge in [-0.3, -0.25) is 0 Å². The molecule has 1 atom stereocenters. The molecule has 0 saturated carbocycles. The van der Waals surface area contributed by atoms with Gasteiger partial charge in [-0.15, -0.1) is 0 Å². The normalized spacial score (nSPS) is 12.2. The van der Waals surface area contributed by atoms with Crippen molar-refractivity contribution in [3.8, 4) is 5.75 Å². The Hall–Kier alpha value is -1.22. The van der Waals surface area contributed by atoms with Crippen LogP contribution in [0.5, 0.6) is 5.75 Å². The van der Waals surface area contributed by atoms with Gasteiger partial charge in [-0.2, -0.15) is 0 Å². The second-order valence-corrected chi connectivity index (χ2v) is 2.89. The van der Waals surface area contributed by atoms with Crippen LogP contribution in [-0.2, 0) is 0 Å². The van der Waals surface area contributed by atoms with Crippen LogP contribution < -0.4 is 15.4 Å². The molecule has 1 rings (SSSR count). The number of benzene rings is 1. The second kappa shape index (κ2) is 4.72. The van der Waals surface area contributed by atoms with Crippen molar-refractivity contribution in [1.29, 1.82) is 0 Å². The smallest absolute Gasteiger partial charge is 0.120 e. The highest BCUT2D eigenvalue weighted by molar-refractivity contribution is 5.48. The van der Waals surface area contributed by atoms with Gasteiger partial charge in [0.2, 0.25) is 0 Å². The van der Waals surface area contributed by atoms with E-state index in [1.54, 1.807) is 7.11 Å². The number of rotatable bonds is 4. The molecule has 3 heteroatoms. The molecule has 0 bridgehead atoms. The summed E-state index contributed by atoms with van der Waals surface area (Å²) in [6.07, 6.45) is 0.257. The molecule has 0 fully saturated rings. The quantitative estimate of drug-likeness (QED) is 0.691. The minimum absolute atomic E-state index is 0.257. The van der Waals surface area contributed by atoms with Crippen LogP contribution in [0.1, 0.15) is 6.92 Å². The maximum Gasteiger partial charge on any atom is 0.120 e. The van der Waals surface area contributed by atoms with Crippen molar-refractivity contribution >= 4 is 5.69 Å². The third kappa shape index (κ3) is 2.95. The van der Waals surface area contributed by atoms with Crippen LogP contribution in [0.2, 0.25) is 0 Å². The number of methoxy groups -OCH3 is 1. The van der Waals surface area contributed by atoms with Crippen LogP contribution in [-0.4, -0.2) is 20.3 Å². The molecule has 2 N–H and O–H groups in total. The standard InChI is InChI=1S/C10H16N2O/c1-8(11-2)12-9-5-4-6-10(7-9)13-3/h4-8,11-12H,1-3H3. The molecule has 0 aliphatic carbocycles. The van der Waals surface area contributed by atoms with Crippen molar-refractivity contribution in [3.05, 3.63) is 24.3 Å². The summed E-state index contributed by atoms with van der Waals surface area (Å²) in [5.74, 6) is 0.869. The first-order valence-electron chi connectivity index (χ1n) is 4.34. The van der Waals surface area contributed by atoms with Gasteiger partial charge in [0.05, 0.1) is 13.3 Å². The lowest BCUT2D eigenvalue weighted by Crippen LogP contribution is -2.29. The molecule has 0 heterocycles. The maximum absolute atomic E-state index is 5.11. The molecule has 0 amide bonds. The van der Waals surface area contributed by atoms with Gasteiger partial charge in [-0.25, -0.2) is 0 Å². The zero-order valence-electron chi connectivity index (χ0n) is 8.29. The summed E-state index contributed by atoms with van der Waals surface area (Å²) in [6.45, 7) is 2.06. The van der Waals surface area contributed by atoms with Gasteiger partial charge < -0.3 is 15.4 Å². The molecule has 1 aromatic rings. The van der Waals surface area contributed by atoms with E-state index in [4.69, 9.17) is 4.74 Å². The summed E-state index contributed by atoms with van der Waals surface area (Å²) in [5.41, 5.74) is 1.06. The average molecular weight is 180 g/mol. The van der Waals surface area contributed by atoms with Crippen LogP contribution in [0.3, 0.4) is 0 Å². The van der Waals surface area contributed by atoms with Crippen molar-refractivity contribution in [2.75, 3.05) is 19.5 Å². The first kappa shape index (κ1) is 9.86. The average Bonchev–Trinajstić information content (AvgIpc) is 2.18.